The van der Waals surface area contributed by atoms with Crippen LogP contribution in [0.15, 0.2) is 18.2 Å². The molecular weight excluding hydrogens is 478 g/mol. The van der Waals surface area contributed by atoms with E-state index in [0.29, 0.717) is 34.6 Å². The Bertz CT molecular complexity index is 1250. The summed E-state index contributed by atoms with van der Waals surface area (Å²) >= 11 is 6.40. The molecule has 1 atom stereocenters. The number of hydrogen-bond acceptors (Lipinski definition) is 9. The van der Waals surface area contributed by atoms with E-state index in [-0.39, 0.29) is 48.4 Å². The Labute approximate surface area is 193 Å². The van der Waals surface area contributed by atoms with E-state index in [1.54, 1.807) is 6.92 Å². The number of aromatic nitrogens is 2. The number of carbonyl (C=O) groups is 1. The number of carbonyl (C=O) groups excluding carboxylic acids is 1. The number of halogens is 1. The van der Waals surface area contributed by atoms with E-state index in [1.807, 2.05) is 0 Å². The summed E-state index contributed by atoms with van der Waals surface area (Å²) < 4.78 is 40.8. The summed E-state index contributed by atoms with van der Waals surface area (Å²) in [6.45, 7) is 1.61. The second kappa shape index (κ2) is 9.12. The Morgan fingerprint density at radius 2 is 2.24 bits per heavy atom. The Morgan fingerprint density at radius 3 is 2.94 bits per heavy atom. The zero-order valence-corrected chi connectivity index (χ0v) is 19.1. The summed E-state index contributed by atoms with van der Waals surface area (Å²) in [4.78, 5) is 22.9. The zero-order valence-electron chi connectivity index (χ0n) is 17.5. The smallest absolute Gasteiger partial charge is 0.331 e. The molecule has 0 amide bonds. The lowest BCUT2D eigenvalue weighted by Crippen LogP contribution is -2.14. The molecule has 0 spiro atoms. The van der Waals surface area contributed by atoms with Gasteiger partial charge in [-0.1, -0.05) is 11.6 Å². The van der Waals surface area contributed by atoms with Crippen molar-refractivity contribution in [1.82, 2.24) is 9.78 Å². The molecule has 3 heterocycles. The van der Waals surface area contributed by atoms with Gasteiger partial charge in [0.2, 0.25) is 0 Å². The van der Waals surface area contributed by atoms with Crippen molar-refractivity contribution in [2.45, 2.75) is 32.6 Å². The molecule has 2 aromatic rings. The summed E-state index contributed by atoms with van der Waals surface area (Å²) in [5.74, 6) is -0.245. The van der Waals surface area contributed by atoms with Crippen molar-refractivity contribution < 1.29 is 32.3 Å². The molecule has 176 valence electrons. The van der Waals surface area contributed by atoms with Gasteiger partial charge in [-0.15, -0.1) is 0 Å². The van der Waals surface area contributed by atoms with Gasteiger partial charge in [-0.2, -0.15) is 5.10 Å². The van der Waals surface area contributed by atoms with E-state index in [2.05, 4.69) is 5.10 Å². The zero-order chi connectivity index (χ0) is 23.8. The summed E-state index contributed by atoms with van der Waals surface area (Å²) in [6, 6.07) is 2.30. The molecule has 1 aromatic heterocycles. The third-order valence-corrected chi connectivity index (χ3v) is 7.49. The monoisotopic (exact) mass is 497 g/mol. The number of benzene rings is 1. The highest BCUT2D eigenvalue weighted by Crippen LogP contribution is 2.33. The molecule has 0 radical (unpaired) electrons. The van der Waals surface area contributed by atoms with Gasteiger partial charge in [0.1, 0.15) is 17.5 Å². The average molecular weight is 498 g/mol. The molecule has 0 N–H and O–H groups in total. The van der Waals surface area contributed by atoms with Crippen LogP contribution < -0.4 is 4.74 Å². The number of sulfone groups is 1. The molecule has 4 rings (SSSR count). The van der Waals surface area contributed by atoms with Crippen LogP contribution >= 0.6 is 11.6 Å². The first kappa shape index (κ1) is 23.2. The van der Waals surface area contributed by atoms with Crippen molar-refractivity contribution >= 4 is 39.2 Å². The lowest BCUT2D eigenvalue weighted by atomic mass is 10.1. The highest BCUT2D eigenvalue weighted by molar-refractivity contribution is 7.91. The molecule has 1 saturated heterocycles. The van der Waals surface area contributed by atoms with E-state index in [4.69, 9.17) is 25.8 Å². The molecule has 2 aliphatic heterocycles. The summed E-state index contributed by atoms with van der Waals surface area (Å²) in [6.07, 6.45) is 3.04. The number of ether oxygens (including phenoxy) is 3. The van der Waals surface area contributed by atoms with Crippen LogP contribution in [0, 0.1) is 17.0 Å². The lowest BCUT2D eigenvalue weighted by molar-refractivity contribution is -0.385. The standard InChI is InChI=1S/C20H20ClN3O8S/c1-12-17(20(21)23(22-12)15-4-5-33(28,29)10-15)2-3-18(25)31-9-14-7-16(24(26)27)6-13-8-30-11-32-19(13)14/h2-3,6-7,15H,4-5,8-11H2,1H3/b3-2+/t15-/m1/s1. The molecule has 0 aliphatic carbocycles. The molecule has 13 heteroatoms. The van der Waals surface area contributed by atoms with E-state index in [9.17, 15) is 23.3 Å². The predicted octanol–water partition coefficient (Wildman–Crippen LogP) is 2.74. The minimum Gasteiger partial charge on any atom is -0.467 e. The highest BCUT2D eigenvalue weighted by Gasteiger charge is 2.31. The van der Waals surface area contributed by atoms with Gasteiger partial charge >= 0.3 is 5.97 Å². The third-order valence-electron chi connectivity index (χ3n) is 5.36. The van der Waals surface area contributed by atoms with Gasteiger partial charge in [-0.3, -0.25) is 10.1 Å². The van der Waals surface area contributed by atoms with Crippen LogP contribution in [0.4, 0.5) is 5.69 Å². The first-order chi connectivity index (χ1) is 15.6. The van der Waals surface area contributed by atoms with Gasteiger partial charge in [0.15, 0.2) is 16.6 Å². The molecular formula is C20H20ClN3O8S. The van der Waals surface area contributed by atoms with Gasteiger partial charge in [-0.05, 0) is 19.4 Å². The third kappa shape index (κ3) is 5.02. The molecule has 0 saturated carbocycles. The largest absolute Gasteiger partial charge is 0.467 e. The fourth-order valence-electron chi connectivity index (χ4n) is 3.77. The fourth-order valence-corrected chi connectivity index (χ4v) is 5.84. The van der Waals surface area contributed by atoms with Crippen molar-refractivity contribution in [3.05, 3.63) is 55.9 Å². The van der Waals surface area contributed by atoms with Crippen molar-refractivity contribution in [3.8, 4) is 5.75 Å². The summed E-state index contributed by atoms with van der Waals surface area (Å²) in [5, 5.41) is 15.7. The van der Waals surface area contributed by atoms with Crippen LogP contribution in [0.3, 0.4) is 0 Å². The van der Waals surface area contributed by atoms with Crippen LogP contribution in [-0.2, 0) is 37.3 Å². The number of hydrogen-bond donors (Lipinski definition) is 0. The predicted molar refractivity (Wildman–Crippen MR) is 116 cm³/mol. The molecule has 0 unspecified atom stereocenters. The maximum Gasteiger partial charge on any atom is 0.331 e. The maximum absolute atomic E-state index is 12.3. The van der Waals surface area contributed by atoms with Gasteiger partial charge < -0.3 is 14.2 Å². The molecule has 0 bridgehead atoms. The topological polar surface area (TPSA) is 140 Å². The lowest BCUT2D eigenvalue weighted by Gasteiger charge is -2.20. The molecule has 2 aliphatic rings. The first-order valence-electron chi connectivity index (χ1n) is 9.95. The van der Waals surface area contributed by atoms with E-state index < -0.39 is 20.7 Å². The molecule has 1 aromatic carbocycles. The minimum absolute atomic E-state index is 0.00425. The Morgan fingerprint density at radius 1 is 1.45 bits per heavy atom. The minimum atomic E-state index is -3.11. The van der Waals surface area contributed by atoms with E-state index in [0.717, 1.165) is 0 Å². The van der Waals surface area contributed by atoms with Crippen molar-refractivity contribution in [2.75, 3.05) is 18.3 Å². The average Bonchev–Trinajstić information content (AvgIpc) is 3.27. The molecule has 33 heavy (non-hydrogen) atoms. The maximum atomic E-state index is 12.3. The summed E-state index contributed by atoms with van der Waals surface area (Å²) in [7, 11) is -3.11. The number of aryl methyl sites for hydroxylation is 1. The SMILES string of the molecule is Cc1nn([C@@H]2CCS(=O)(=O)C2)c(Cl)c1/C=C/C(=O)OCc1cc([N+](=O)[O-])cc2c1OCOC2. The number of rotatable bonds is 6. The second-order valence-electron chi connectivity index (χ2n) is 7.69. The van der Waals surface area contributed by atoms with Crippen LogP contribution in [0.2, 0.25) is 5.15 Å². The first-order valence-corrected chi connectivity index (χ1v) is 12.1. The van der Waals surface area contributed by atoms with Crippen molar-refractivity contribution in [1.29, 1.82) is 0 Å². The number of nitro groups is 1. The number of fused-ring (bicyclic) bond motifs is 1. The van der Waals surface area contributed by atoms with Crippen LogP contribution in [0.1, 0.15) is 34.8 Å². The van der Waals surface area contributed by atoms with Crippen LogP contribution in [-0.4, -0.2) is 47.4 Å². The molecule has 1 fully saturated rings. The van der Waals surface area contributed by atoms with Crippen molar-refractivity contribution in [2.24, 2.45) is 0 Å². The normalized spacial score (nSPS) is 19.3. The fraction of sp³-hybridized carbons (Fsp3) is 0.400. The Hall–Kier alpha value is -2.96. The number of nitrogens with zero attached hydrogens (tertiary/aromatic N) is 3. The number of non-ortho nitro benzene ring substituents is 1. The van der Waals surface area contributed by atoms with Crippen LogP contribution in [0.5, 0.6) is 5.75 Å². The van der Waals surface area contributed by atoms with E-state index in [1.165, 1.54) is 29.0 Å². The summed E-state index contributed by atoms with van der Waals surface area (Å²) in [5.41, 5.74) is 1.71. The highest BCUT2D eigenvalue weighted by atomic mass is 35.5. The second-order valence-corrected chi connectivity index (χ2v) is 10.3. The van der Waals surface area contributed by atoms with Crippen molar-refractivity contribution in [3.63, 3.8) is 0 Å². The van der Waals surface area contributed by atoms with Gasteiger partial charge in [0.25, 0.3) is 5.69 Å². The van der Waals surface area contributed by atoms with Gasteiger partial charge in [0, 0.05) is 34.9 Å². The van der Waals surface area contributed by atoms with Crippen LogP contribution in [0.25, 0.3) is 6.08 Å². The number of esters is 1. The quantitative estimate of drug-likeness (QED) is 0.255. The number of nitro benzene ring substituents is 1. The Balaban J connectivity index is 1.47. The molecule has 11 nitrogen and oxygen atoms in total. The van der Waals surface area contributed by atoms with Gasteiger partial charge in [-0.25, -0.2) is 17.9 Å². The van der Waals surface area contributed by atoms with E-state index >= 15 is 0 Å². The van der Waals surface area contributed by atoms with Gasteiger partial charge in [0.05, 0.1) is 34.8 Å². The Kier molecular flexibility index (Phi) is 6.41.